The van der Waals surface area contributed by atoms with Crippen molar-refractivity contribution in [2.75, 3.05) is 10.7 Å². The third-order valence-corrected chi connectivity index (χ3v) is 5.47. The molecule has 102 valence electrons. The molecule has 0 fully saturated rings. The van der Waals surface area contributed by atoms with Crippen LogP contribution in [0.2, 0.25) is 0 Å². The minimum atomic E-state index is 0.0529. The lowest BCUT2D eigenvalue weighted by molar-refractivity contribution is -0.116. The van der Waals surface area contributed by atoms with Crippen molar-refractivity contribution in [3.8, 4) is 0 Å². The van der Waals surface area contributed by atoms with Crippen LogP contribution in [0, 0.1) is 5.41 Å². The van der Waals surface area contributed by atoms with Crippen molar-refractivity contribution in [2.24, 2.45) is 5.73 Å². The molecule has 2 aromatic rings. The molecule has 20 heavy (non-hydrogen) atoms. The lowest BCUT2D eigenvalue weighted by Crippen LogP contribution is -2.34. The zero-order chi connectivity index (χ0) is 14.1. The van der Waals surface area contributed by atoms with Gasteiger partial charge in [-0.25, -0.2) is 0 Å². The predicted octanol–water partition coefficient (Wildman–Crippen LogP) is 2.67. The quantitative estimate of drug-likeness (QED) is 0.676. The molecule has 0 bridgehead atoms. The van der Waals surface area contributed by atoms with Crippen molar-refractivity contribution in [3.63, 3.8) is 0 Å². The number of hydrogen-bond donors (Lipinski definition) is 2. The van der Waals surface area contributed by atoms with Crippen molar-refractivity contribution < 1.29 is 4.79 Å². The Morgan fingerprint density at radius 3 is 2.80 bits per heavy atom. The molecular weight excluding hydrogens is 290 g/mol. The summed E-state index contributed by atoms with van der Waals surface area (Å²) in [5.74, 6) is 0.592. The maximum Gasteiger partial charge on any atom is 0.237 e. The molecule has 1 aromatic carbocycles. The molecule has 0 saturated heterocycles. The van der Waals surface area contributed by atoms with E-state index in [1.807, 2.05) is 36.4 Å². The molecule has 4 nitrogen and oxygen atoms in total. The molecule has 2 heterocycles. The number of amidine groups is 1. The fourth-order valence-corrected chi connectivity index (χ4v) is 4.23. The molecule has 0 radical (unpaired) electrons. The Labute approximate surface area is 125 Å². The number of hydrogen-bond acceptors (Lipinski definition) is 4. The first-order chi connectivity index (χ1) is 9.65. The monoisotopic (exact) mass is 303 g/mol. The zero-order valence-corrected chi connectivity index (χ0v) is 12.3. The van der Waals surface area contributed by atoms with Gasteiger partial charge in [0.1, 0.15) is 5.84 Å². The lowest BCUT2D eigenvalue weighted by atomic mass is 10.2. The first kappa shape index (κ1) is 13.2. The van der Waals surface area contributed by atoms with E-state index < -0.39 is 0 Å². The van der Waals surface area contributed by atoms with Gasteiger partial charge in [-0.3, -0.25) is 10.2 Å². The number of amides is 1. The maximum atomic E-state index is 12.2. The van der Waals surface area contributed by atoms with Crippen molar-refractivity contribution in [2.45, 2.75) is 10.8 Å². The summed E-state index contributed by atoms with van der Waals surface area (Å²) in [4.78, 5) is 14.7. The standard InChI is InChI=1S/C14H13N3OS2/c15-13(16)11-6-10-14(20-11)19-8-12(18)17(10)7-9-4-2-1-3-5-9/h1-6H,7-8H2,(H3,15,16). The van der Waals surface area contributed by atoms with Gasteiger partial charge in [0.25, 0.3) is 0 Å². The molecule has 0 saturated carbocycles. The van der Waals surface area contributed by atoms with Crippen LogP contribution in [-0.2, 0) is 11.3 Å². The van der Waals surface area contributed by atoms with Crippen molar-refractivity contribution in [1.82, 2.24) is 0 Å². The van der Waals surface area contributed by atoms with Crippen LogP contribution < -0.4 is 10.6 Å². The number of benzene rings is 1. The van der Waals surface area contributed by atoms with Gasteiger partial charge in [-0.05, 0) is 11.6 Å². The molecule has 1 aliphatic heterocycles. The Balaban J connectivity index is 1.95. The number of carbonyl (C=O) groups excluding carboxylic acids is 1. The summed E-state index contributed by atoms with van der Waals surface area (Å²) in [6.45, 7) is 0.557. The summed E-state index contributed by atoms with van der Waals surface area (Å²) in [6, 6.07) is 11.7. The van der Waals surface area contributed by atoms with Gasteiger partial charge in [0.05, 0.1) is 27.1 Å². The first-order valence-electron chi connectivity index (χ1n) is 6.10. The zero-order valence-electron chi connectivity index (χ0n) is 10.6. The summed E-state index contributed by atoms with van der Waals surface area (Å²) >= 11 is 3.00. The number of fused-ring (bicyclic) bond motifs is 1. The molecule has 0 unspecified atom stereocenters. The number of anilines is 1. The number of thioether (sulfide) groups is 1. The number of nitrogens with one attached hydrogen (secondary N) is 1. The van der Waals surface area contributed by atoms with Crippen molar-refractivity contribution in [3.05, 3.63) is 46.8 Å². The number of rotatable bonds is 3. The minimum absolute atomic E-state index is 0.0529. The number of nitrogens with zero attached hydrogens (tertiary/aromatic N) is 1. The van der Waals surface area contributed by atoms with E-state index in [1.165, 1.54) is 23.1 Å². The molecule has 1 amide bonds. The van der Waals surface area contributed by atoms with Gasteiger partial charge in [-0.1, -0.05) is 30.3 Å². The molecule has 6 heteroatoms. The highest BCUT2D eigenvalue weighted by Crippen LogP contribution is 2.42. The van der Waals surface area contributed by atoms with Crippen LogP contribution in [0.4, 0.5) is 5.69 Å². The van der Waals surface area contributed by atoms with E-state index >= 15 is 0 Å². The molecule has 1 aromatic heterocycles. The average molecular weight is 303 g/mol. The fraction of sp³-hybridized carbons (Fsp3) is 0.143. The van der Waals surface area contributed by atoms with E-state index in [-0.39, 0.29) is 11.7 Å². The molecular formula is C14H13N3OS2. The smallest absolute Gasteiger partial charge is 0.237 e. The minimum Gasteiger partial charge on any atom is -0.383 e. The van der Waals surface area contributed by atoms with E-state index in [2.05, 4.69) is 0 Å². The van der Waals surface area contributed by atoms with Gasteiger partial charge in [0.15, 0.2) is 0 Å². The second kappa shape index (κ2) is 5.30. The Bertz CT molecular complexity index is 666. The molecule has 0 aliphatic carbocycles. The summed E-state index contributed by atoms with van der Waals surface area (Å²) in [6.07, 6.45) is 0. The van der Waals surface area contributed by atoms with Crippen LogP contribution in [-0.4, -0.2) is 17.5 Å². The Hall–Kier alpha value is -1.79. The number of nitrogen functional groups attached to an aromatic ring is 1. The third kappa shape index (κ3) is 2.44. The fourth-order valence-electron chi connectivity index (χ4n) is 2.07. The second-order valence-corrected chi connectivity index (χ2v) is 6.75. The van der Waals surface area contributed by atoms with Crippen LogP contribution in [0.1, 0.15) is 10.4 Å². The highest BCUT2D eigenvalue weighted by molar-refractivity contribution is 8.02. The van der Waals surface area contributed by atoms with Crippen LogP contribution >= 0.6 is 23.1 Å². The Morgan fingerprint density at radius 2 is 2.10 bits per heavy atom. The Kier molecular flexibility index (Phi) is 3.50. The van der Waals surface area contributed by atoms with Crippen molar-refractivity contribution >= 4 is 40.5 Å². The molecule has 0 spiro atoms. The topological polar surface area (TPSA) is 70.2 Å². The number of thiophene rings is 1. The van der Waals surface area contributed by atoms with Crippen LogP contribution in [0.25, 0.3) is 0 Å². The Morgan fingerprint density at radius 1 is 1.35 bits per heavy atom. The summed E-state index contributed by atoms with van der Waals surface area (Å²) in [5.41, 5.74) is 7.51. The summed E-state index contributed by atoms with van der Waals surface area (Å²) in [5, 5.41) is 7.53. The molecule has 1 aliphatic rings. The normalized spacial score (nSPS) is 14.2. The lowest BCUT2D eigenvalue weighted by Gasteiger charge is -2.26. The average Bonchev–Trinajstić information content (AvgIpc) is 2.88. The molecule has 0 atom stereocenters. The maximum absolute atomic E-state index is 12.2. The van der Waals surface area contributed by atoms with Gasteiger partial charge in [0.2, 0.25) is 5.91 Å². The van der Waals surface area contributed by atoms with Crippen LogP contribution in [0.3, 0.4) is 0 Å². The highest BCUT2D eigenvalue weighted by atomic mass is 32.2. The van der Waals surface area contributed by atoms with E-state index in [9.17, 15) is 4.79 Å². The third-order valence-electron chi connectivity index (χ3n) is 3.05. The predicted molar refractivity (Wildman–Crippen MR) is 83.7 cm³/mol. The molecule has 3 N–H and O–H groups in total. The van der Waals surface area contributed by atoms with Crippen LogP contribution in [0.5, 0.6) is 0 Å². The number of nitrogens with two attached hydrogens (primary N) is 1. The van der Waals surface area contributed by atoms with Gasteiger partial charge >= 0.3 is 0 Å². The van der Waals surface area contributed by atoms with Gasteiger partial charge in [0, 0.05) is 0 Å². The van der Waals surface area contributed by atoms with Crippen molar-refractivity contribution in [1.29, 1.82) is 5.41 Å². The first-order valence-corrected chi connectivity index (χ1v) is 7.90. The largest absolute Gasteiger partial charge is 0.383 e. The second-order valence-electron chi connectivity index (χ2n) is 4.45. The van der Waals surface area contributed by atoms with E-state index in [0.29, 0.717) is 12.3 Å². The SMILES string of the molecule is N=C(N)c1cc2c(s1)SCC(=O)N2Cc1ccccc1. The highest BCUT2D eigenvalue weighted by Gasteiger charge is 2.27. The van der Waals surface area contributed by atoms with Crippen LogP contribution in [0.15, 0.2) is 40.6 Å². The summed E-state index contributed by atoms with van der Waals surface area (Å²) in [7, 11) is 0. The number of carbonyl (C=O) groups is 1. The van der Waals surface area contributed by atoms with Gasteiger partial charge < -0.3 is 10.6 Å². The van der Waals surface area contributed by atoms with E-state index in [4.69, 9.17) is 11.1 Å². The van der Waals surface area contributed by atoms with E-state index in [1.54, 1.807) is 4.90 Å². The van der Waals surface area contributed by atoms with E-state index in [0.717, 1.165) is 20.3 Å². The molecule has 3 rings (SSSR count). The van der Waals surface area contributed by atoms with Gasteiger partial charge in [-0.2, -0.15) is 0 Å². The van der Waals surface area contributed by atoms with Gasteiger partial charge in [-0.15, -0.1) is 23.1 Å². The summed E-state index contributed by atoms with van der Waals surface area (Å²) < 4.78 is 1.06.